The molecule has 2 aromatic carbocycles. The monoisotopic (exact) mass is 324 g/mol. The quantitative estimate of drug-likeness (QED) is 0.488. The lowest BCUT2D eigenvalue weighted by Gasteiger charge is -2.12. The summed E-state index contributed by atoms with van der Waals surface area (Å²) >= 11 is 5.88. The van der Waals surface area contributed by atoms with Crippen LogP contribution in [0.5, 0.6) is 0 Å². The molecule has 3 nitrogen and oxygen atoms in total. The highest BCUT2D eigenvalue weighted by atomic mass is 35.5. The van der Waals surface area contributed by atoms with E-state index in [4.69, 9.17) is 11.6 Å². The smallest absolute Gasteiger partial charge is 0.255 e. The van der Waals surface area contributed by atoms with Crippen molar-refractivity contribution in [1.82, 2.24) is 9.55 Å². The lowest BCUT2D eigenvalue weighted by molar-refractivity contribution is 0.628. The molecule has 0 aliphatic heterocycles. The molecular weight excluding hydrogens is 315 g/mol. The van der Waals surface area contributed by atoms with E-state index in [2.05, 4.69) is 4.98 Å². The predicted molar refractivity (Wildman–Crippen MR) is 89.8 cm³/mol. The van der Waals surface area contributed by atoms with Gasteiger partial charge < -0.3 is 0 Å². The molecule has 0 fully saturated rings. The molecule has 0 spiro atoms. The van der Waals surface area contributed by atoms with Gasteiger partial charge in [0.2, 0.25) is 0 Å². The molecule has 0 aliphatic rings. The van der Waals surface area contributed by atoms with Crippen LogP contribution in [0, 0.1) is 5.82 Å². The first kappa shape index (κ1) is 13.9. The number of hydrogen-bond donors (Lipinski definition) is 0. The van der Waals surface area contributed by atoms with Crippen molar-refractivity contribution >= 4 is 33.4 Å². The molecule has 0 amide bonds. The lowest BCUT2D eigenvalue weighted by atomic mass is 10.1. The molecule has 5 heteroatoms. The summed E-state index contributed by atoms with van der Waals surface area (Å²) in [5, 5.41) is 1.65. The van der Waals surface area contributed by atoms with Crippen LogP contribution in [0.3, 0.4) is 0 Å². The van der Waals surface area contributed by atoms with Crippen LogP contribution in [0.2, 0.25) is 5.02 Å². The van der Waals surface area contributed by atoms with Gasteiger partial charge in [-0.25, -0.2) is 4.39 Å². The van der Waals surface area contributed by atoms with Crippen molar-refractivity contribution in [3.8, 4) is 5.69 Å². The number of fused-ring (bicyclic) bond motifs is 3. The average molecular weight is 325 g/mol. The van der Waals surface area contributed by atoms with Crippen molar-refractivity contribution in [2.45, 2.75) is 0 Å². The van der Waals surface area contributed by atoms with Gasteiger partial charge in [-0.1, -0.05) is 29.8 Å². The molecule has 112 valence electrons. The average Bonchev–Trinajstić information content (AvgIpc) is 2.57. The molecule has 4 rings (SSSR count). The van der Waals surface area contributed by atoms with Gasteiger partial charge in [0.1, 0.15) is 5.82 Å². The molecule has 0 N–H and O–H groups in total. The van der Waals surface area contributed by atoms with Crippen molar-refractivity contribution in [3.05, 3.63) is 82.0 Å². The van der Waals surface area contributed by atoms with Crippen LogP contribution in [-0.4, -0.2) is 9.55 Å². The Morgan fingerprint density at radius 1 is 1.04 bits per heavy atom. The molecule has 2 aromatic heterocycles. The normalized spacial score (nSPS) is 11.2. The highest BCUT2D eigenvalue weighted by Crippen LogP contribution is 2.26. The van der Waals surface area contributed by atoms with Crippen molar-refractivity contribution in [1.29, 1.82) is 0 Å². The lowest BCUT2D eigenvalue weighted by Crippen LogP contribution is -2.17. The van der Waals surface area contributed by atoms with E-state index < -0.39 is 5.82 Å². The van der Waals surface area contributed by atoms with Gasteiger partial charge in [0.15, 0.2) is 0 Å². The minimum Gasteiger partial charge on any atom is -0.276 e. The van der Waals surface area contributed by atoms with Gasteiger partial charge in [-0.2, -0.15) is 0 Å². The Morgan fingerprint density at radius 3 is 2.70 bits per heavy atom. The Bertz CT molecular complexity index is 1120. The number of benzene rings is 2. The van der Waals surface area contributed by atoms with E-state index in [0.717, 1.165) is 21.8 Å². The van der Waals surface area contributed by atoms with Crippen molar-refractivity contribution < 1.29 is 4.39 Å². The third-order valence-corrected chi connectivity index (χ3v) is 4.08. The summed E-state index contributed by atoms with van der Waals surface area (Å²) in [6.07, 6.45) is 1.72. The third kappa shape index (κ3) is 2.19. The zero-order chi connectivity index (χ0) is 16.0. The van der Waals surface area contributed by atoms with E-state index in [1.165, 1.54) is 28.8 Å². The summed E-state index contributed by atoms with van der Waals surface area (Å²) in [6.45, 7) is 0. The Morgan fingerprint density at radius 2 is 1.87 bits per heavy atom. The summed E-state index contributed by atoms with van der Waals surface area (Å²) < 4.78 is 15.0. The molecule has 0 saturated carbocycles. The molecule has 0 saturated heterocycles. The molecule has 2 heterocycles. The summed E-state index contributed by atoms with van der Waals surface area (Å²) in [7, 11) is 0. The second-order valence-corrected chi connectivity index (χ2v) is 5.59. The van der Waals surface area contributed by atoms with Crippen LogP contribution in [0.15, 0.2) is 65.6 Å². The first-order valence-electron chi connectivity index (χ1n) is 7.00. The number of rotatable bonds is 1. The molecule has 0 unspecified atom stereocenters. The highest BCUT2D eigenvalue weighted by molar-refractivity contribution is 6.30. The number of aromatic nitrogens is 2. The fraction of sp³-hybridized carbons (Fsp3) is 0. The maximum absolute atomic E-state index is 13.5. The molecular formula is C18H10ClFN2O. The van der Waals surface area contributed by atoms with E-state index in [9.17, 15) is 9.18 Å². The van der Waals surface area contributed by atoms with Gasteiger partial charge >= 0.3 is 0 Å². The van der Waals surface area contributed by atoms with Gasteiger partial charge in [-0.05, 0) is 30.3 Å². The summed E-state index contributed by atoms with van der Waals surface area (Å²) in [5.74, 6) is -0.518. The van der Waals surface area contributed by atoms with E-state index in [1.54, 1.807) is 12.3 Å². The number of hydrogen-bond acceptors (Lipinski definition) is 2. The predicted octanol–water partition coefficient (Wildman–Crippen LogP) is 4.33. The Hall–Kier alpha value is -2.72. The van der Waals surface area contributed by atoms with Crippen LogP contribution in [0.1, 0.15) is 0 Å². The van der Waals surface area contributed by atoms with E-state index >= 15 is 0 Å². The Balaban J connectivity index is 2.20. The summed E-state index contributed by atoms with van der Waals surface area (Å²) in [5.41, 5.74) is 1.82. The summed E-state index contributed by atoms with van der Waals surface area (Å²) in [6, 6.07) is 15.0. The molecule has 0 aliphatic carbocycles. The minimum atomic E-state index is -0.518. The first-order valence-corrected chi connectivity index (χ1v) is 7.38. The second kappa shape index (κ2) is 5.18. The van der Waals surface area contributed by atoms with E-state index in [1.807, 2.05) is 24.3 Å². The van der Waals surface area contributed by atoms with Gasteiger partial charge in [-0.3, -0.25) is 14.3 Å². The van der Waals surface area contributed by atoms with E-state index in [0.29, 0.717) is 5.69 Å². The number of halogens is 2. The van der Waals surface area contributed by atoms with Crippen molar-refractivity contribution in [2.75, 3.05) is 0 Å². The topological polar surface area (TPSA) is 34.9 Å². The Kier molecular flexibility index (Phi) is 3.13. The largest absolute Gasteiger partial charge is 0.276 e. The van der Waals surface area contributed by atoms with Crippen LogP contribution in [0.4, 0.5) is 4.39 Å². The van der Waals surface area contributed by atoms with Crippen molar-refractivity contribution in [2.24, 2.45) is 0 Å². The molecule has 4 aromatic rings. The molecule has 23 heavy (non-hydrogen) atoms. The molecule has 0 radical (unpaired) electrons. The van der Waals surface area contributed by atoms with Crippen LogP contribution < -0.4 is 5.56 Å². The molecule has 0 atom stereocenters. The number of para-hydroxylation sites is 1. The molecule has 0 bridgehead atoms. The highest BCUT2D eigenvalue weighted by Gasteiger charge is 2.11. The zero-order valence-corrected chi connectivity index (χ0v) is 12.6. The van der Waals surface area contributed by atoms with E-state index in [-0.39, 0.29) is 10.6 Å². The summed E-state index contributed by atoms with van der Waals surface area (Å²) in [4.78, 5) is 16.9. The van der Waals surface area contributed by atoms with Crippen LogP contribution in [-0.2, 0) is 0 Å². The fourth-order valence-corrected chi connectivity index (χ4v) is 2.91. The first-order chi connectivity index (χ1) is 11.1. The maximum atomic E-state index is 13.5. The fourth-order valence-electron chi connectivity index (χ4n) is 2.74. The van der Waals surface area contributed by atoms with Gasteiger partial charge in [0.25, 0.3) is 5.56 Å². The number of nitrogens with zero attached hydrogens (tertiary/aromatic N) is 2. The maximum Gasteiger partial charge on any atom is 0.255 e. The second-order valence-electron chi connectivity index (χ2n) is 5.18. The van der Waals surface area contributed by atoms with Gasteiger partial charge in [0.05, 0.1) is 21.7 Å². The number of pyridine rings is 2. The van der Waals surface area contributed by atoms with Crippen LogP contribution in [0.25, 0.3) is 27.5 Å². The zero-order valence-electron chi connectivity index (χ0n) is 11.8. The minimum absolute atomic E-state index is 0.0234. The van der Waals surface area contributed by atoms with Crippen LogP contribution >= 0.6 is 11.6 Å². The SMILES string of the molecule is O=c1ccc2cnc3ccccc3c2n1-c1ccc(F)c(Cl)c1. The standard InChI is InChI=1S/C18H10ClFN2O/c19-14-9-12(6-7-15(14)20)22-17(23)8-5-11-10-21-16-4-2-1-3-13(16)18(11)22/h1-10H. The van der Waals surface area contributed by atoms with Gasteiger partial charge in [-0.15, -0.1) is 0 Å². The van der Waals surface area contributed by atoms with Gasteiger partial charge in [0, 0.05) is 23.0 Å². The Labute approximate surface area is 135 Å². The third-order valence-electron chi connectivity index (χ3n) is 3.79. The van der Waals surface area contributed by atoms with Crippen molar-refractivity contribution in [3.63, 3.8) is 0 Å².